The third kappa shape index (κ3) is 3.90. The zero-order chi connectivity index (χ0) is 18.6. The number of nitrogens with zero attached hydrogens (tertiary/aromatic N) is 2. The minimum Gasteiger partial charge on any atom is -0.349 e. The standard InChI is InChI=1S/C23H27N3O/c1-2-17-9-12-20(13-10-17)26-16-24-21-15-18(11-14-22(21)26)23(27)25-19-7-5-3-4-6-8-19/h9-16,19H,2-8H2,1H3,(H,25,27). The number of amides is 1. The second kappa shape index (κ2) is 7.95. The summed E-state index contributed by atoms with van der Waals surface area (Å²) in [5.74, 6) is 0.0191. The molecule has 0 spiro atoms. The van der Waals surface area contributed by atoms with Crippen LogP contribution < -0.4 is 5.32 Å². The van der Waals surface area contributed by atoms with Crippen LogP contribution >= 0.6 is 0 Å². The predicted octanol–water partition coefficient (Wildman–Crippen LogP) is 5.04. The molecule has 4 heteroatoms. The maximum atomic E-state index is 12.7. The Morgan fingerprint density at radius 3 is 2.52 bits per heavy atom. The summed E-state index contributed by atoms with van der Waals surface area (Å²) in [4.78, 5) is 17.2. The number of hydrogen-bond donors (Lipinski definition) is 1. The number of imidazole rings is 1. The van der Waals surface area contributed by atoms with Crippen LogP contribution in [0.1, 0.15) is 61.4 Å². The van der Waals surface area contributed by atoms with E-state index in [0.717, 1.165) is 36.0 Å². The normalized spacial score (nSPS) is 15.6. The molecule has 3 aromatic rings. The second-order valence-corrected chi connectivity index (χ2v) is 7.50. The van der Waals surface area contributed by atoms with E-state index in [0.29, 0.717) is 11.6 Å². The molecule has 4 rings (SSSR count). The molecule has 0 aliphatic heterocycles. The topological polar surface area (TPSA) is 46.9 Å². The van der Waals surface area contributed by atoms with E-state index in [-0.39, 0.29) is 5.91 Å². The van der Waals surface area contributed by atoms with Crippen molar-refractivity contribution in [3.8, 4) is 5.69 Å². The van der Waals surface area contributed by atoms with Crippen molar-refractivity contribution in [3.63, 3.8) is 0 Å². The summed E-state index contributed by atoms with van der Waals surface area (Å²) in [5.41, 5.74) is 4.97. The van der Waals surface area contributed by atoms with Crippen molar-refractivity contribution >= 4 is 16.9 Å². The van der Waals surface area contributed by atoms with Crippen LogP contribution in [-0.2, 0) is 6.42 Å². The van der Waals surface area contributed by atoms with Gasteiger partial charge in [0.1, 0.15) is 6.33 Å². The van der Waals surface area contributed by atoms with E-state index in [4.69, 9.17) is 0 Å². The maximum absolute atomic E-state index is 12.7. The van der Waals surface area contributed by atoms with Gasteiger partial charge in [-0.25, -0.2) is 4.98 Å². The van der Waals surface area contributed by atoms with E-state index in [1.54, 1.807) is 0 Å². The fraction of sp³-hybridized carbons (Fsp3) is 0.391. The third-order valence-electron chi connectivity index (χ3n) is 5.62. The number of fused-ring (bicyclic) bond motifs is 1. The van der Waals surface area contributed by atoms with E-state index in [2.05, 4.69) is 46.1 Å². The lowest BCUT2D eigenvalue weighted by Crippen LogP contribution is -2.34. The summed E-state index contributed by atoms with van der Waals surface area (Å²) in [7, 11) is 0. The van der Waals surface area contributed by atoms with Gasteiger partial charge in [-0.1, -0.05) is 44.7 Å². The molecule has 140 valence electrons. The third-order valence-corrected chi connectivity index (χ3v) is 5.62. The quantitative estimate of drug-likeness (QED) is 0.662. The summed E-state index contributed by atoms with van der Waals surface area (Å²) >= 11 is 0. The highest BCUT2D eigenvalue weighted by atomic mass is 16.1. The molecule has 1 heterocycles. The maximum Gasteiger partial charge on any atom is 0.251 e. The molecule has 1 aliphatic rings. The fourth-order valence-corrected chi connectivity index (χ4v) is 3.94. The van der Waals surface area contributed by atoms with Crippen molar-refractivity contribution in [1.82, 2.24) is 14.9 Å². The Kier molecular flexibility index (Phi) is 5.23. The van der Waals surface area contributed by atoms with Gasteiger partial charge in [-0.2, -0.15) is 0 Å². The van der Waals surface area contributed by atoms with Crippen LogP contribution in [-0.4, -0.2) is 21.5 Å². The highest BCUT2D eigenvalue weighted by Gasteiger charge is 2.16. The van der Waals surface area contributed by atoms with Crippen molar-refractivity contribution < 1.29 is 4.79 Å². The van der Waals surface area contributed by atoms with Crippen LogP contribution in [0.2, 0.25) is 0 Å². The zero-order valence-corrected chi connectivity index (χ0v) is 15.9. The number of hydrogen-bond acceptors (Lipinski definition) is 2. The van der Waals surface area contributed by atoms with Crippen LogP contribution in [0, 0.1) is 0 Å². The number of carbonyl (C=O) groups is 1. The molecule has 0 unspecified atom stereocenters. The molecule has 0 atom stereocenters. The first-order chi connectivity index (χ1) is 13.2. The number of nitrogens with one attached hydrogen (secondary N) is 1. The summed E-state index contributed by atoms with van der Waals surface area (Å²) in [5, 5.41) is 3.22. The van der Waals surface area contributed by atoms with Crippen LogP contribution in [0.3, 0.4) is 0 Å². The molecule has 4 nitrogen and oxygen atoms in total. The number of benzene rings is 2. The number of aryl methyl sites for hydroxylation is 1. The van der Waals surface area contributed by atoms with Crippen molar-refractivity contribution in [2.75, 3.05) is 0 Å². The Labute approximate surface area is 160 Å². The lowest BCUT2D eigenvalue weighted by molar-refractivity contribution is 0.0933. The molecule has 2 aromatic carbocycles. The molecule has 1 aromatic heterocycles. The van der Waals surface area contributed by atoms with Gasteiger partial charge in [-0.05, 0) is 55.2 Å². The molecule has 1 saturated carbocycles. The Morgan fingerprint density at radius 2 is 1.81 bits per heavy atom. The van der Waals surface area contributed by atoms with Crippen molar-refractivity contribution in [2.24, 2.45) is 0 Å². The highest BCUT2D eigenvalue weighted by Crippen LogP contribution is 2.21. The van der Waals surface area contributed by atoms with Gasteiger partial charge in [0.05, 0.1) is 11.0 Å². The summed E-state index contributed by atoms with van der Waals surface area (Å²) in [6.45, 7) is 2.16. The van der Waals surface area contributed by atoms with Crippen LogP contribution in [0.25, 0.3) is 16.7 Å². The summed E-state index contributed by atoms with van der Waals surface area (Å²) in [6.07, 6.45) is 10.1. The molecule has 1 N–H and O–H groups in total. The first kappa shape index (κ1) is 17.8. The monoisotopic (exact) mass is 361 g/mol. The Balaban J connectivity index is 1.55. The van der Waals surface area contributed by atoms with Gasteiger partial charge in [-0.3, -0.25) is 9.36 Å². The molecular formula is C23H27N3O. The average Bonchev–Trinajstić information content (AvgIpc) is 2.96. The largest absolute Gasteiger partial charge is 0.349 e. The van der Waals surface area contributed by atoms with Gasteiger partial charge in [0.25, 0.3) is 5.91 Å². The Morgan fingerprint density at radius 1 is 1.07 bits per heavy atom. The van der Waals surface area contributed by atoms with Crippen LogP contribution in [0.5, 0.6) is 0 Å². The Bertz CT molecular complexity index is 918. The number of aromatic nitrogens is 2. The molecule has 27 heavy (non-hydrogen) atoms. The number of rotatable bonds is 4. The summed E-state index contributed by atoms with van der Waals surface area (Å²) < 4.78 is 2.07. The van der Waals surface area contributed by atoms with Crippen molar-refractivity contribution in [2.45, 2.75) is 57.9 Å². The van der Waals surface area contributed by atoms with E-state index in [1.807, 2.05) is 24.5 Å². The van der Waals surface area contributed by atoms with E-state index in [9.17, 15) is 4.79 Å². The minimum absolute atomic E-state index is 0.0191. The lowest BCUT2D eigenvalue weighted by atomic mass is 10.1. The second-order valence-electron chi connectivity index (χ2n) is 7.50. The SMILES string of the molecule is CCc1ccc(-n2cnc3cc(C(=O)NC4CCCCCC4)ccc32)cc1. The van der Waals surface area contributed by atoms with Gasteiger partial charge in [0, 0.05) is 17.3 Å². The molecule has 1 amide bonds. The Hall–Kier alpha value is -2.62. The first-order valence-electron chi connectivity index (χ1n) is 10.1. The molecule has 0 bridgehead atoms. The average molecular weight is 361 g/mol. The van der Waals surface area contributed by atoms with Gasteiger partial charge in [-0.15, -0.1) is 0 Å². The van der Waals surface area contributed by atoms with Gasteiger partial charge in [0.15, 0.2) is 0 Å². The lowest BCUT2D eigenvalue weighted by Gasteiger charge is -2.16. The molecule has 0 saturated heterocycles. The molecule has 1 fully saturated rings. The van der Waals surface area contributed by atoms with Crippen molar-refractivity contribution in [3.05, 3.63) is 59.9 Å². The first-order valence-corrected chi connectivity index (χ1v) is 10.1. The van der Waals surface area contributed by atoms with Crippen LogP contribution in [0.15, 0.2) is 48.8 Å². The van der Waals surface area contributed by atoms with E-state index < -0.39 is 0 Å². The number of carbonyl (C=O) groups excluding carboxylic acids is 1. The predicted molar refractivity (Wildman–Crippen MR) is 109 cm³/mol. The molecule has 0 radical (unpaired) electrons. The fourth-order valence-electron chi connectivity index (χ4n) is 3.94. The van der Waals surface area contributed by atoms with Crippen molar-refractivity contribution in [1.29, 1.82) is 0 Å². The zero-order valence-electron chi connectivity index (χ0n) is 15.9. The minimum atomic E-state index is 0.0191. The molecular weight excluding hydrogens is 334 g/mol. The highest BCUT2D eigenvalue weighted by molar-refractivity contribution is 5.97. The van der Waals surface area contributed by atoms with Gasteiger partial charge in [0.2, 0.25) is 0 Å². The van der Waals surface area contributed by atoms with Crippen LogP contribution in [0.4, 0.5) is 0 Å². The van der Waals surface area contributed by atoms with Gasteiger partial charge >= 0.3 is 0 Å². The van der Waals surface area contributed by atoms with E-state index >= 15 is 0 Å². The smallest absolute Gasteiger partial charge is 0.251 e. The molecule has 1 aliphatic carbocycles. The van der Waals surface area contributed by atoms with Gasteiger partial charge < -0.3 is 5.32 Å². The van der Waals surface area contributed by atoms with E-state index in [1.165, 1.54) is 31.2 Å². The summed E-state index contributed by atoms with van der Waals surface area (Å²) in [6, 6.07) is 14.7.